The van der Waals surface area contributed by atoms with E-state index >= 15 is 0 Å². The molecule has 4 aromatic heterocycles. The highest BCUT2D eigenvalue weighted by Crippen LogP contribution is 2.40. The van der Waals surface area contributed by atoms with Crippen molar-refractivity contribution in [1.82, 2.24) is 19.5 Å². The van der Waals surface area contributed by atoms with Crippen molar-refractivity contribution in [2.45, 2.75) is 0 Å². The fraction of sp³-hybridized carbons (Fsp3) is 0. The molecule has 0 radical (unpaired) electrons. The number of hydrogen-bond donors (Lipinski definition) is 0. The second-order valence-electron chi connectivity index (χ2n) is 12.8. The molecule has 7 aromatic carbocycles. The Kier molecular flexibility index (Phi) is 6.05. The topological polar surface area (TPSA) is 56.7 Å². The van der Waals surface area contributed by atoms with E-state index in [0.29, 0.717) is 17.5 Å². The van der Waals surface area contributed by atoms with Gasteiger partial charge in [0.05, 0.1) is 16.6 Å². The van der Waals surface area contributed by atoms with Crippen LogP contribution in [0.2, 0.25) is 0 Å². The molecule has 238 valence electrons. The second-order valence-corrected chi connectivity index (χ2v) is 13.9. The molecule has 0 atom stereocenters. The first-order chi connectivity index (χ1) is 25.3. The average Bonchev–Trinajstić information content (AvgIpc) is 3.87. The number of aromatic nitrogens is 4. The van der Waals surface area contributed by atoms with Crippen LogP contribution in [0, 0.1) is 0 Å². The van der Waals surface area contributed by atoms with Crippen LogP contribution >= 0.6 is 11.3 Å². The standard InChI is InChI=1S/C45H26N4OS/c1-2-11-27(12-3-1)43-46-44(28-21-23-34-33-15-6-9-20-40(33)51-41(34)25-28)48-45(47-43)36-17-10-16-35-32-24-22-29(26-39(32)50-42(35)36)49-37-18-7-4-13-30(37)31-14-5-8-19-38(31)49/h1-26H. The quantitative estimate of drug-likeness (QED) is 0.187. The SMILES string of the molecule is c1ccc(-c2nc(-c3ccc4c(c3)sc3ccccc34)nc(-c3cccc4c3oc3cc(-n5c6ccccc6c6ccccc65)ccc34)n2)cc1. The molecule has 0 unspecified atom stereocenters. The number of para-hydroxylation sites is 3. The van der Waals surface area contributed by atoms with Crippen LogP contribution < -0.4 is 0 Å². The van der Waals surface area contributed by atoms with Gasteiger partial charge in [0.2, 0.25) is 0 Å². The molecule has 11 rings (SSSR count). The van der Waals surface area contributed by atoms with E-state index in [1.165, 1.54) is 30.9 Å². The molecule has 6 heteroatoms. The first-order valence-electron chi connectivity index (χ1n) is 16.9. The lowest BCUT2D eigenvalue weighted by atomic mass is 10.1. The van der Waals surface area contributed by atoms with Crippen molar-refractivity contribution in [3.05, 3.63) is 158 Å². The van der Waals surface area contributed by atoms with Gasteiger partial charge >= 0.3 is 0 Å². The van der Waals surface area contributed by atoms with Crippen LogP contribution in [0.4, 0.5) is 0 Å². The first-order valence-corrected chi connectivity index (χ1v) is 17.8. The fourth-order valence-electron chi connectivity index (χ4n) is 7.51. The Balaban J connectivity index is 1.10. The lowest BCUT2D eigenvalue weighted by Gasteiger charge is -2.09. The predicted octanol–water partition coefficient (Wildman–Crippen LogP) is 12.2. The molecular weight excluding hydrogens is 645 g/mol. The summed E-state index contributed by atoms with van der Waals surface area (Å²) in [5.74, 6) is 1.82. The Morgan fingerprint density at radius 2 is 1.06 bits per heavy atom. The van der Waals surface area contributed by atoms with Gasteiger partial charge < -0.3 is 8.98 Å². The molecule has 0 bridgehead atoms. The highest BCUT2D eigenvalue weighted by Gasteiger charge is 2.19. The van der Waals surface area contributed by atoms with Crippen LogP contribution in [0.1, 0.15) is 0 Å². The average molecular weight is 671 g/mol. The predicted molar refractivity (Wildman–Crippen MR) is 211 cm³/mol. The third kappa shape index (κ3) is 4.37. The number of rotatable bonds is 4. The summed E-state index contributed by atoms with van der Waals surface area (Å²) in [5, 5.41) is 7.03. The number of hydrogen-bond acceptors (Lipinski definition) is 5. The Morgan fingerprint density at radius 1 is 0.431 bits per heavy atom. The van der Waals surface area contributed by atoms with Crippen molar-refractivity contribution in [3.8, 4) is 39.9 Å². The maximum atomic E-state index is 6.77. The summed E-state index contributed by atoms with van der Waals surface area (Å²) in [5.41, 5.74) is 7.63. The van der Waals surface area contributed by atoms with E-state index in [1.807, 2.05) is 36.4 Å². The first kappa shape index (κ1) is 28.2. The largest absolute Gasteiger partial charge is 0.455 e. The summed E-state index contributed by atoms with van der Waals surface area (Å²) in [7, 11) is 0. The number of fused-ring (bicyclic) bond motifs is 9. The third-order valence-corrected chi connectivity index (χ3v) is 11.0. The van der Waals surface area contributed by atoms with Crippen LogP contribution in [0.25, 0.3) is 104 Å². The molecule has 0 aliphatic carbocycles. The summed E-state index contributed by atoms with van der Waals surface area (Å²) in [6.07, 6.45) is 0. The van der Waals surface area contributed by atoms with Gasteiger partial charge in [-0.05, 0) is 42.5 Å². The summed E-state index contributed by atoms with van der Waals surface area (Å²) in [6, 6.07) is 55.0. The van der Waals surface area contributed by atoms with Gasteiger partial charge in [-0.25, -0.2) is 15.0 Å². The monoisotopic (exact) mass is 670 g/mol. The zero-order valence-corrected chi connectivity index (χ0v) is 27.9. The molecule has 4 heterocycles. The van der Waals surface area contributed by atoms with E-state index in [2.05, 4.69) is 126 Å². The van der Waals surface area contributed by atoms with Crippen molar-refractivity contribution in [2.24, 2.45) is 0 Å². The van der Waals surface area contributed by atoms with Crippen LogP contribution in [-0.4, -0.2) is 19.5 Å². The zero-order chi connectivity index (χ0) is 33.5. The van der Waals surface area contributed by atoms with Gasteiger partial charge in [-0.1, -0.05) is 109 Å². The van der Waals surface area contributed by atoms with E-state index in [1.54, 1.807) is 11.3 Å². The molecule has 5 nitrogen and oxygen atoms in total. The van der Waals surface area contributed by atoms with Crippen molar-refractivity contribution in [3.63, 3.8) is 0 Å². The lowest BCUT2D eigenvalue weighted by Crippen LogP contribution is -2.00. The van der Waals surface area contributed by atoms with E-state index in [9.17, 15) is 0 Å². The van der Waals surface area contributed by atoms with Gasteiger partial charge in [0.25, 0.3) is 0 Å². The molecular formula is C45H26N4OS. The van der Waals surface area contributed by atoms with E-state index < -0.39 is 0 Å². The van der Waals surface area contributed by atoms with Crippen molar-refractivity contribution < 1.29 is 4.42 Å². The summed E-state index contributed by atoms with van der Waals surface area (Å²) in [4.78, 5) is 15.2. The minimum absolute atomic E-state index is 0.572. The normalized spacial score (nSPS) is 11.9. The molecule has 0 spiro atoms. The minimum atomic E-state index is 0.572. The Morgan fingerprint density at radius 3 is 1.86 bits per heavy atom. The molecule has 0 fully saturated rings. The Hall–Kier alpha value is -6.63. The van der Waals surface area contributed by atoms with E-state index in [4.69, 9.17) is 19.4 Å². The van der Waals surface area contributed by atoms with Gasteiger partial charge in [-0.15, -0.1) is 11.3 Å². The minimum Gasteiger partial charge on any atom is -0.455 e. The number of thiophene rings is 1. The maximum Gasteiger partial charge on any atom is 0.167 e. The van der Waals surface area contributed by atoms with Gasteiger partial charge in [0.1, 0.15) is 11.2 Å². The van der Waals surface area contributed by atoms with Crippen molar-refractivity contribution >= 4 is 75.3 Å². The molecule has 51 heavy (non-hydrogen) atoms. The van der Waals surface area contributed by atoms with Crippen LogP contribution in [0.3, 0.4) is 0 Å². The maximum absolute atomic E-state index is 6.77. The number of benzene rings is 7. The van der Waals surface area contributed by atoms with Gasteiger partial charge in [0.15, 0.2) is 17.5 Å². The van der Waals surface area contributed by atoms with Gasteiger partial charge in [-0.3, -0.25) is 0 Å². The molecule has 11 aromatic rings. The molecule has 0 saturated heterocycles. The molecule has 0 N–H and O–H groups in total. The highest BCUT2D eigenvalue weighted by atomic mass is 32.1. The van der Waals surface area contributed by atoms with Gasteiger partial charge in [-0.2, -0.15) is 0 Å². The van der Waals surface area contributed by atoms with E-state index in [-0.39, 0.29) is 0 Å². The third-order valence-electron chi connectivity index (χ3n) is 9.87. The zero-order valence-electron chi connectivity index (χ0n) is 27.1. The van der Waals surface area contributed by atoms with Crippen LogP contribution in [0.5, 0.6) is 0 Å². The molecule has 0 aliphatic rings. The Labute approximate surface area is 295 Å². The Bertz CT molecular complexity index is 3100. The van der Waals surface area contributed by atoms with E-state index in [0.717, 1.165) is 55.3 Å². The second kappa shape index (κ2) is 10.9. The van der Waals surface area contributed by atoms with Crippen molar-refractivity contribution in [2.75, 3.05) is 0 Å². The number of nitrogens with zero attached hydrogens (tertiary/aromatic N) is 4. The number of furan rings is 1. The highest BCUT2D eigenvalue weighted by molar-refractivity contribution is 7.25. The smallest absolute Gasteiger partial charge is 0.167 e. The van der Waals surface area contributed by atoms with Gasteiger partial charge in [0, 0.05) is 64.6 Å². The summed E-state index contributed by atoms with van der Waals surface area (Å²) >= 11 is 1.79. The summed E-state index contributed by atoms with van der Waals surface area (Å²) in [6.45, 7) is 0. The van der Waals surface area contributed by atoms with Crippen LogP contribution in [-0.2, 0) is 0 Å². The fourth-order valence-corrected chi connectivity index (χ4v) is 8.66. The molecule has 0 saturated carbocycles. The molecule has 0 aliphatic heterocycles. The summed E-state index contributed by atoms with van der Waals surface area (Å²) < 4.78 is 11.6. The molecule has 0 amide bonds. The lowest BCUT2D eigenvalue weighted by molar-refractivity contribution is 0.669. The van der Waals surface area contributed by atoms with Crippen LogP contribution in [0.15, 0.2) is 162 Å². The van der Waals surface area contributed by atoms with Crippen molar-refractivity contribution in [1.29, 1.82) is 0 Å².